The Bertz CT molecular complexity index is 471. The Morgan fingerprint density at radius 1 is 1.50 bits per heavy atom. The molecule has 96 valence electrons. The molecule has 6 nitrogen and oxygen atoms in total. The maximum absolute atomic E-state index is 11.7. The van der Waals surface area contributed by atoms with Crippen molar-refractivity contribution in [2.45, 2.75) is 31.8 Å². The molecular weight excluding hydrogens is 234 g/mol. The molecule has 0 aliphatic heterocycles. The zero-order valence-corrected chi connectivity index (χ0v) is 10.0. The van der Waals surface area contributed by atoms with Gasteiger partial charge >= 0.3 is 5.97 Å². The van der Waals surface area contributed by atoms with Crippen LogP contribution in [0.5, 0.6) is 0 Å². The zero-order chi connectivity index (χ0) is 13.1. The number of nitrogens with one attached hydrogen (secondary N) is 2. The molecule has 6 heteroatoms. The van der Waals surface area contributed by atoms with Gasteiger partial charge in [-0.25, -0.2) is 4.79 Å². The van der Waals surface area contributed by atoms with Gasteiger partial charge in [0.25, 0.3) is 0 Å². The van der Waals surface area contributed by atoms with E-state index in [2.05, 4.69) is 15.6 Å². The van der Waals surface area contributed by atoms with E-state index in [0.717, 1.165) is 12.8 Å². The van der Waals surface area contributed by atoms with Gasteiger partial charge in [-0.3, -0.25) is 9.78 Å². The number of pyridine rings is 1. The average Bonchev–Trinajstić information content (AvgIpc) is 3.13. The number of nitrogens with zero attached hydrogens (tertiary/aromatic N) is 1. The smallest absolute Gasteiger partial charge is 0.339 e. The Hall–Kier alpha value is -2.11. The van der Waals surface area contributed by atoms with Crippen LogP contribution < -0.4 is 10.6 Å². The number of carboxylic acids is 1. The maximum Gasteiger partial charge on any atom is 0.339 e. The second kappa shape index (κ2) is 5.03. The van der Waals surface area contributed by atoms with E-state index in [1.54, 1.807) is 13.0 Å². The summed E-state index contributed by atoms with van der Waals surface area (Å²) in [5.74, 6) is -1.19. The minimum atomic E-state index is -1.07. The van der Waals surface area contributed by atoms with E-state index in [9.17, 15) is 9.59 Å². The summed E-state index contributed by atoms with van der Waals surface area (Å²) in [6.07, 6.45) is 4.79. The number of hydrogen-bond acceptors (Lipinski definition) is 4. The number of carbonyl (C=O) groups is 2. The summed E-state index contributed by atoms with van der Waals surface area (Å²) in [4.78, 5) is 26.5. The number of hydrogen-bond donors (Lipinski definition) is 3. The van der Waals surface area contributed by atoms with Gasteiger partial charge in [-0.05, 0) is 25.8 Å². The van der Waals surface area contributed by atoms with E-state index >= 15 is 0 Å². The van der Waals surface area contributed by atoms with Crippen molar-refractivity contribution in [1.82, 2.24) is 10.3 Å². The van der Waals surface area contributed by atoms with Crippen LogP contribution in [0.2, 0.25) is 0 Å². The lowest BCUT2D eigenvalue weighted by Crippen LogP contribution is -2.39. The summed E-state index contributed by atoms with van der Waals surface area (Å²) in [7, 11) is 0. The van der Waals surface area contributed by atoms with Crippen molar-refractivity contribution in [1.29, 1.82) is 0 Å². The SMILES string of the molecule is CC(Nc1ccncc1C(=O)O)C(=O)NC1CC1. The number of carbonyl (C=O) groups excluding carboxylic acids is 1. The van der Waals surface area contributed by atoms with Crippen LogP contribution in [0.3, 0.4) is 0 Å². The maximum atomic E-state index is 11.7. The van der Waals surface area contributed by atoms with E-state index in [1.807, 2.05) is 0 Å². The first kappa shape index (κ1) is 12.3. The summed E-state index contributed by atoms with van der Waals surface area (Å²) in [5.41, 5.74) is 0.458. The molecule has 0 bridgehead atoms. The fourth-order valence-electron chi connectivity index (χ4n) is 1.54. The van der Waals surface area contributed by atoms with Crippen molar-refractivity contribution in [3.8, 4) is 0 Å². The fourth-order valence-corrected chi connectivity index (χ4v) is 1.54. The van der Waals surface area contributed by atoms with E-state index in [1.165, 1.54) is 12.4 Å². The van der Waals surface area contributed by atoms with Gasteiger partial charge in [-0.1, -0.05) is 0 Å². The minimum absolute atomic E-state index is 0.0589. The highest BCUT2D eigenvalue weighted by atomic mass is 16.4. The number of anilines is 1. The number of aromatic carboxylic acids is 1. The Balaban J connectivity index is 2.03. The quantitative estimate of drug-likeness (QED) is 0.720. The molecule has 1 aliphatic carbocycles. The topological polar surface area (TPSA) is 91.3 Å². The third-order valence-corrected chi connectivity index (χ3v) is 2.74. The van der Waals surface area contributed by atoms with E-state index in [-0.39, 0.29) is 17.5 Å². The highest BCUT2D eigenvalue weighted by molar-refractivity contribution is 5.95. The van der Waals surface area contributed by atoms with Gasteiger partial charge in [0, 0.05) is 18.4 Å². The number of rotatable bonds is 5. The van der Waals surface area contributed by atoms with Crippen LogP contribution in [0, 0.1) is 0 Å². The molecule has 2 rings (SSSR count). The average molecular weight is 249 g/mol. The highest BCUT2D eigenvalue weighted by Gasteiger charge is 2.26. The lowest BCUT2D eigenvalue weighted by Gasteiger charge is -2.16. The predicted molar refractivity (Wildman–Crippen MR) is 65.4 cm³/mol. The Morgan fingerprint density at radius 3 is 2.83 bits per heavy atom. The largest absolute Gasteiger partial charge is 0.478 e. The summed E-state index contributed by atoms with van der Waals surface area (Å²) >= 11 is 0. The Morgan fingerprint density at radius 2 is 2.22 bits per heavy atom. The minimum Gasteiger partial charge on any atom is -0.478 e. The first-order valence-corrected chi connectivity index (χ1v) is 5.82. The monoisotopic (exact) mass is 249 g/mol. The molecule has 0 spiro atoms. The van der Waals surface area contributed by atoms with Gasteiger partial charge in [0.15, 0.2) is 0 Å². The van der Waals surface area contributed by atoms with E-state index < -0.39 is 12.0 Å². The molecule has 18 heavy (non-hydrogen) atoms. The molecule has 0 saturated heterocycles. The third-order valence-electron chi connectivity index (χ3n) is 2.74. The molecule has 1 saturated carbocycles. The second-order valence-corrected chi connectivity index (χ2v) is 4.38. The molecule has 1 unspecified atom stereocenters. The summed E-state index contributed by atoms with van der Waals surface area (Å²) in [6.45, 7) is 1.70. The van der Waals surface area contributed by atoms with Crippen molar-refractivity contribution in [2.75, 3.05) is 5.32 Å². The van der Waals surface area contributed by atoms with Crippen LogP contribution in [-0.2, 0) is 4.79 Å². The fraction of sp³-hybridized carbons (Fsp3) is 0.417. The third kappa shape index (κ3) is 2.97. The number of amides is 1. The molecule has 1 aromatic rings. The lowest BCUT2D eigenvalue weighted by molar-refractivity contribution is -0.121. The van der Waals surface area contributed by atoms with Crippen molar-refractivity contribution >= 4 is 17.6 Å². The predicted octanol–water partition coefficient (Wildman–Crippen LogP) is 0.859. The van der Waals surface area contributed by atoms with Crippen LogP contribution in [0.15, 0.2) is 18.5 Å². The normalized spacial score (nSPS) is 15.8. The van der Waals surface area contributed by atoms with Crippen LogP contribution in [-0.4, -0.2) is 34.1 Å². The van der Waals surface area contributed by atoms with Crippen LogP contribution in [0.1, 0.15) is 30.1 Å². The highest BCUT2D eigenvalue weighted by Crippen LogP contribution is 2.19. The zero-order valence-electron chi connectivity index (χ0n) is 10.0. The van der Waals surface area contributed by atoms with E-state index in [0.29, 0.717) is 5.69 Å². The van der Waals surface area contributed by atoms with E-state index in [4.69, 9.17) is 5.11 Å². The standard InChI is InChI=1S/C12H15N3O3/c1-7(11(16)15-8-2-3-8)14-10-4-5-13-6-9(10)12(17)18/h4-8H,2-3H2,1H3,(H,13,14)(H,15,16)(H,17,18). The molecule has 0 radical (unpaired) electrons. The molecule has 1 amide bonds. The Labute approximate surface area is 104 Å². The molecule has 1 fully saturated rings. The first-order valence-electron chi connectivity index (χ1n) is 5.82. The van der Waals surface area contributed by atoms with Gasteiger partial charge in [0.05, 0.1) is 5.69 Å². The molecular formula is C12H15N3O3. The van der Waals surface area contributed by atoms with Gasteiger partial charge in [0.2, 0.25) is 5.91 Å². The second-order valence-electron chi connectivity index (χ2n) is 4.38. The lowest BCUT2D eigenvalue weighted by atomic mass is 10.2. The van der Waals surface area contributed by atoms with Crippen molar-refractivity contribution in [2.24, 2.45) is 0 Å². The first-order chi connectivity index (χ1) is 8.58. The van der Waals surface area contributed by atoms with Gasteiger partial charge in [-0.15, -0.1) is 0 Å². The summed E-state index contributed by atoms with van der Waals surface area (Å²) < 4.78 is 0. The van der Waals surface area contributed by atoms with Gasteiger partial charge in [0.1, 0.15) is 11.6 Å². The van der Waals surface area contributed by atoms with Gasteiger partial charge in [-0.2, -0.15) is 0 Å². The van der Waals surface area contributed by atoms with Crippen LogP contribution in [0.4, 0.5) is 5.69 Å². The molecule has 1 aliphatic rings. The molecule has 1 aromatic heterocycles. The molecule has 3 N–H and O–H groups in total. The summed E-state index contributed by atoms with van der Waals surface area (Å²) in [6, 6.07) is 1.36. The summed E-state index contributed by atoms with van der Waals surface area (Å²) in [5, 5.41) is 14.7. The number of carboxylic acid groups (broad SMARTS) is 1. The van der Waals surface area contributed by atoms with Crippen molar-refractivity contribution < 1.29 is 14.7 Å². The molecule has 1 heterocycles. The molecule has 1 atom stereocenters. The van der Waals surface area contributed by atoms with Crippen LogP contribution >= 0.6 is 0 Å². The van der Waals surface area contributed by atoms with Crippen molar-refractivity contribution in [3.63, 3.8) is 0 Å². The molecule has 0 aromatic carbocycles. The van der Waals surface area contributed by atoms with Crippen LogP contribution in [0.25, 0.3) is 0 Å². The number of aromatic nitrogens is 1. The Kier molecular flexibility index (Phi) is 3.45. The van der Waals surface area contributed by atoms with Gasteiger partial charge < -0.3 is 15.7 Å². The van der Waals surface area contributed by atoms with Crippen molar-refractivity contribution in [3.05, 3.63) is 24.0 Å².